The van der Waals surface area contributed by atoms with Crippen LogP contribution in [0.25, 0.3) is 0 Å². The summed E-state index contributed by atoms with van der Waals surface area (Å²) in [6.07, 6.45) is 7.26. The molecule has 1 heteroatoms. The zero-order valence-corrected chi connectivity index (χ0v) is 9.34. The molecule has 0 bridgehead atoms. The van der Waals surface area contributed by atoms with Crippen LogP contribution in [0.15, 0.2) is 0 Å². The molecule has 0 radical (unpaired) electrons. The van der Waals surface area contributed by atoms with Crippen LogP contribution in [0.5, 0.6) is 0 Å². The van der Waals surface area contributed by atoms with Gasteiger partial charge in [0.1, 0.15) is 0 Å². The lowest BCUT2D eigenvalue weighted by atomic mass is 9.86. The molecular weight excluding hydrogens is 160 g/mol. The molecule has 0 aromatic carbocycles. The van der Waals surface area contributed by atoms with E-state index in [1.165, 1.54) is 32.1 Å². The molecule has 1 aliphatic carbocycles. The Morgan fingerprint density at radius 1 is 1.54 bits per heavy atom. The Morgan fingerprint density at radius 3 is 2.69 bits per heavy atom. The Hall–Kier alpha value is -0.0400. The van der Waals surface area contributed by atoms with Gasteiger partial charge in [0.25, 0.3) is 0 Å². The normalized spacial score (nSPS) is 36.5. The smallest absolute Gasteiger partial charge is 0.0647 e. The molecule has 1 aliphatic rings. The quantitative estimate of drug-likeness (QED) is 0.710. The van der Waals surface area contributed by atoms with Gasteiger partial charge in [-0.1, -0.05) is 33.1 Å². The van der Waals surface area contributed by atoms with E-state index in [2.05, 4.69) is 13.8 Å². The lowest BCUT2D eigenvalue weighted by molar-refractivity contribution is 0.0158. The molecule has 3 unspecified atom stereocenters. The lowest BCUT2D eigenvalue weighted by Crippen LogP contribution is -2.28. The Labute approximate surface area is 82.5 Å². The maximum atomic E-state index is 10.0. The molecule has 0 heterocycles. The SMILES string of the molecule is CCC(C)CCC1CCCC1(C)O. The van der Waals surface area contributed by atoms with Gasteiger partial charge in [-0.05, 0) is 38.0 Å². The van der Waals surface area contributed by atoms with Gasteiger partial charge in [-0.2, -0.15) is 0 Å². The molecule has 1 fully saturated rings. The number of aliphatic hydroxyl groups is 1. The molecule has 1 N–H and O–H groups in total. The van der Waals surface area contributed by atoms with Crippen molar-refractivity contribution in [3.05, 3.63) is 0 Å². The van der Waals surface area contributed by atoms with Gasteiger partial charge in [-0.15, -0.1) is 0 Å². The van der Waals surface area contributed by atoms with Crippen LogP contribution in [0, 0.1) is 11.8 Å². The fraction of sp³-hybridized carbons (Fsp3) is 1.00. The standard InChI is InChI=1S/C12H24O/c1-4-10(2)7-8-11-6-5-9-12(11,3)13/h10-11,13H,4-9H2,1-3H3. The van der Waals surface area contributed by atoms with E-state index >= 15 is 0 Å². The first-order valence-corrected chi connectivity index (χ1v) is 5.78. The van der Waals surface area contributed by atoms with Crippen molar-refractivity contribution in [3.63, 3.8) is 0 Å². The summed E-state index contributed by atoms with van der Waals surface area (Å²) in [6, 6.07) is 0. The van der Waals surface area contributed by atoms with E-state index in [4.69, 9.17) is 0 Å². The minimum absolute atomic E-state index is 0.354. The monoisotopic (exact) mass is 184 g/mol. The molecule has 3 atom stereocenters. The Kier molecular flexibility index (Phi) is 3.78. The summed E-state index contributed by atoms with van der Waals surface area (Å²) in [5.41, 5.74) is -0.354. The molecular formula is C12H24O. The Bertz CT molecular complexity index is 151. The van der Waals surface area contributed by atoms with E-state index in [0.29, 0.717) is 5.92 Å². The number of hydrogen-bond acceptors (Lipinski definition) is 1. The van der Waals surface area contributed by atoms with Crippen molar-refractivity contribution in [2.24, 2.45) is 11.8 Å². The van der Waals surface area contributed by atoms with E-state index < -0.39 is 0 Å². The Balaban J connectivity index is 2.28. The first kappa shape index (κ1) is 11.0. The minimum Gasteiger partial charge on any atom is -0.390 e. The molecule has 1 nitrogen and oxygen atoms in total. The third-order valence-corrected chi connectivity index (χ3v) is 3.82. The van der Waals surface area contributed by atoms with Crippen LogP contribution in [0.3, 0.4) is 0 Å². The van der Waals surface area contributed by atoms with Gasteiger partial charge in [-0.25, -0.2) is 0 Å². The van der Waals surface area contributed by atoms with Crippen molar-refractivity contribution >= 4 is 0 Å². The topological polar surface area (TPSA) is 20.2 Å². The van der Waals surface area contributed by atoms with Crippen LogP contribution < -0.4 is 0 Å². The summed E-state index contributed by atoms with van der Waals surface area (Å²) in [5, 5.41) is 10.0. The largest absolute Gasteiger partial charge is 0.390 e. The second-order valence-electron chi connectivity index (χ2n) is 5.04. The van der Waals surface area contributed by atoms with Crippen molar-refractivity contribution in [2.75, 3.05) is 0 Å². The highest BCUT2D eigenvalue weighted by Gasteiger charge is 2.35. The molecule has 0 spiro atoms. The number of rotatable bonds is 4. The third kappa shape index (κ3) is 2.98. The van der Waals surface area contributed by atoms with E-state index in [1.807, 2.05) is 6.92 Å². The number of hydrogen-bond donors (Lipinski definition) is 1. The highest BCUT2D eigenvalue weighted by molar-refractivity contribution is 4.88. The van der Waals surface area contributed by atoms with Crippen molar-refractivity contribution in [1.82, 2.24) is 0 Å². The second kappa shape index (κ2) is 4.45. The van der Waals surface area contributed by atoms with E-state index in [0.717, 1.165) is 12.3 Å². The molecule has 0 amide bonds. The van der Waals surface area contributed by atoms with Gasteiger partial charge in [0.15, 0.2) is 0 Å². The van der Waals surface area contributed by atoms with E-state index in [9.17, 15) is 5.11 Å². The summed E-state index contributed by atoms with van der Waals surface area (Å²) in [5.74, 6) is 1.40. The first-order chi connectivity index (χ1) is 6.06. The van der Waals surface area contributed by atoms with Crippen LogP contribution in [0.2, 0.25) is 0 Å². The summed E-state index contributed by atoms with van der Waals surface area (Å²) in [7, 11) is 0. The van der Waals surface area contributed by atoms with E-state index in [1.54, 1.807) is 0 Å². The van der Waals surface area contributed by atoms with Crippen molar-refractivity contribution in [1.29, 1.82) is 0 Å². The average Bonchev–Trinajstić information content (AvgIpc) is 2.41. The van der Waals surface area contributed by atoms with Gasteiger partial charge >= 0.3 is 0 Å². The highest BCUT2D eigenvalue weighted by atomic mass is 16.3. The molecule has 1 saturated carbocycles. The highest BCUT2D eigenvalue weighted by Crippen LogP contribution is 2.38. The molecule has 0 aliphatic heterocycles. The fourth-order valence-electron chi connectivity index (χ4n) is 2.37. The third-order valence-electron chi connectivity index (χ3n) is 3.82. The van der Waals surface area contributed by atoms with Crippen LogP contribution in [0.1, 0.15) is 59.3 Å². The molecule has 0 aromatic rings. The molecule has 0 saturated heterocycles. The Morgan fingerprint density at radius 2 is 2.23 bits per heavy atom. The molecule has 78 valence electrons. The predicted octanol–water partition coefficient (Wildman–Crippen LogP) is 3.36. The van der Waals surface area contributed by atoms with Crippen LogP contribution in [-0.4, -0.2) is 10.7 Å². The van der Waals surface area contributed by atoms with Crippen LogP contribution in [-0.2, 0) is 0 Å². The molecule has 13 heavy (non-hydrogen) atoms. The van der Waals surface area contributed by atoms with Gasteiger partial charge in [0.2, 0.25) is 0 Å². The van der Waals surface area contributed by atoms with Gasteiger partial charge < -0.3 is 5.11 Å². The van der Waals surface area contributed by atoms with Gasteiger partial charge in [0.05, 0.1) is 5.60 Å². The lowest BCUT2D eigenvalue weighted by Gasteiger charge is -2.26. The average molecular weight is 184 g/mol. The first-order valence-electron chi connectivity index (χ1n) is 5.78. The van der Waals surface area contributed by atoms with Crippen molar-refractivity contribution in [2.45, 2.75) is 64.9 Å². The maximum absolute atomic E-state index is 10.0. The van der Waals surface area contributed by atoms with Crippen LogP contribution in [0.4, 0.5) is 0 Å². The predicted molar refractivity (Wildman–Crippen MR) is 56.7 cm³/mol. The van der Waals surface area contributed by atoms with Gasteiger partial charge in [-0.3, -0.25) is 0 Å². The summed E-state index contributed by atoms with van der Waals surface area (Å²) < 4.78 is 0. The maximum Gasteiger partial charge on any atom is 0.0647 e. The fourth-order valence-corrected chi connectivity index (χ4v) is 2.37. The molecule has 0 aromatic heterocycles. The summed E-state index contributed by atoms with van der Waals surface area (Å²) in [4.78, 5) is 0. The van der Waals surface area contributed by atoms with Crippen LogP contribution >= 0.6 is 0 Å². The zero-order chi connectivity index (χ0) is 9.90. The zero-order valence-electron chi connectivity index (χ0n) is 9.34. The van der Waals surface area contributed by atoms with Crippen molar-refractivity contribution in [3.8, 4) is 0 Å². The summed E-state index contributed by atoms with van der Waals surface area (Å²) >= 11 is 0. The van der Waals surface area contributed by atoms with Gasteiger partial charge in [0, 0.05) is 0 Å². The van der Waals surface area contributed by atoms with Crippen molar-refractivity contribution < 1.29 is 5.11 Å². The minimum atomic E-state index is -0.354. The molecule has 1 rings (SSSR count). The summed E-state index contributed by atoms with van der Waals surface area (Å²) in [6.45, 7) is 6.57. The second-order valence-corrected chi connectivity index (χ2v) is 5.04. The van der Waals surface area contributed by atoms with E-state index in [-0.39, 0.29) is 5.60 Å².